The van der Waals surface area contributed by atoms with Crippen molar-refractivity contribution in [2.75, 3.05) is 26.3 Å². The van der Waals surface area contributed by atoms with Crippen LogP contribution in [0.2, 0.25) is 0 Å². The highest BCUT2D eigenvalue weighted by Crippen LogP contribution is 2.42. The summed E-state index contributed by atoms with van der Waals surface area (Å²) >= 11 is 0. The number of alkyl halides is 1. The molecule has 0 bridgehead atoms. The zero-order valence-corrected chi connectivity index (χ0v) is 24.2. The third-order valence-electron chi connectivity index (χ3n) is 9.37. The Balaban J connectivity index is 1.32. The number of ether oxygens (including phenoxy) is 2. The molecule has 0 radical (unpaired) electrons. The Hall–Kier alpha value is -4.66. The van der Waals surface area contributed by atoms with Crippen molar-refractivity contribution in [1.82, 2.24) is 24.4 Å². The predicted octanol–water partition coefficient (Wildman–Crippen LogP) is 5.76. The van der Waals surface area contributed by atoms with Crippen LogP contribution in [0.4, 0.5) is 13.2 Å². The quantitative estimate of drug-likeness (QED) is 0.253. The summed E-state index contributed by atoms with van der Waals surface area (Å²) in [5.41, 5.74) is 1.47. The van der Waals surface area contributed by atoms with Crippen LogP contribution >= 0.6 is 0 Å². The molecule has 2 saturated heterocycles. The second-order valence-electron chi connectivity index (χ2n) is 12.0. The molecule has 11 heteroatoms. The van der Waals surface area contributed by atoms with Crippen molar-refractivity contribution >= 4 is 21.7 Å². The predicted molar refractivity (Wildman–Crippen MR) is 161 cm³/mol. The van der Waals surface area contributed by atoms with Crippen molar-refractivity contribution in [2.24, 2.45) is 0 Å². The number of phenolic OH excluding ortho intramolecular Hbond substituents is 1. The van der Waals surface area contributed by atoms with Gasteiger partial charge in [-0.3, -0.25) is 9.88 Å². The Bertz CT molecular complexity index is 2060. The van der Waals surface area contributed by atoms with Gasteiger partial charge in [0.2, 0.25) is 0 Å². The first-order chi connectivity index (χ1) is 21.8. The summed E-state index contributed by atoms with van der Waals surface area (Å²) in [7, 11) is 0. The number of hydrogen-bond donors (Lipinski definition) is 1. The van der Waals surface area contributed by atoms with E-state index in [0.717, 1.165) is 30.8 Å². The number of hydrogen-bond acceptors (Lipinski definition) is 7. The van der Waals surface area contributed by atoms with E-state index in [4.69, 9.17) is 20.9 Å². The minimum atomic E-state index is -0.933. The number of nitrogens with zero attached hydrogens (tertiary/aromatic N) is 5. The summed E-state index contributed by atoms with van der Waals surface area (Å²) in [6, 6.07) is 9.20. The van der Waals surface area contributed by atoms with E-state index >= 15 is 4.39 Å². The van der Waals surface area contributed by atoms with E-state index in [0.29, 0.717) is 49.2 Å². The molecule has 0 amide bonds. The number of aromatic hydroxyl groups is 1. The Morgan fingerprint density at radius 2 is 2.02 bits per heavy atom. The molecule has 2 aromatic carbocycles. The van der Waals surface area contributed by atoms with Crippen molar-refractivity contribution in [1.29, 1.82) is 0 Å². The maximum atomic E-state index is 16.8. The third kappa shape index (κ3) is 4.42. The summed E-state index contributed by atoms with van der Waals surface area (Å²) in [6.07, 6.45) is 8.31. The van der Waals surface area contributed by atoms with Crippen molar-refractivity contribution < 1.29 is 27.8 Å². The molecule has 2 atom stereocenters. The van der Waals surface area contributed by atoms with Gasteiger partial charge in [0.1, 0.15) is 41.2 Å². The summed E-state index contributed by atoms with van der Waals surface area (Å²) < 4.78 is 59.9. The van der Waals surface area contributed by atoms with Gasteiger partial charge < -0.3 is 19.1 Å². The average molecular weight is 612 g/mol. The smallest absolute Gasteiger partial charge is 0.317 e. The number of fused-ring (bicyclic) bond motifs is 4. The zero-order chi connectivity index (χ0) is 30.9. The number of benzene rings is 2. The summed E-state index contributed by atoms with van der Waals surface area (Å²) in [6.45, 7) is 2.86. The fourth-order valence-corrected chi connectivity index (χ4v) is 7.32. The fourth-order valence-electron chi connectivity index (χ4n) is 7.32. The minimum Gasteiger partial charge on any atom is -0.508 e. The van der Waals surface area contributed by atoms with E-state index in [-0.39, 0.29) is 46.1 Å². The molecule has 1 N–H and O–H groups in total. The SMILES string of the molecule is C#Cc1c(F)ccc2cc(O)cc(-c3ncc4c(-c5ccc6n5CCOC6)nc(OC[C@@]56CCCN5C[C@H](F)C6)nc4c3F)c12. The van der Waals surface area contributed by atoms with E-state index in [1.54, 1.807) is 0 Å². The number of phenols is 1. The van der Waals surface area contributed by atoms with Gasteiger partial charge in [-0.05, 0) is 55.1 Å². The first-order valence-corrected chi connectivity index (χ1v) is 14.9. The van der Waals surface area contributed by atoms with Gasteiger partial charge in [-0.25, -0.2) is 13.2 Å². The molecule has 3 aromatic heterocycles. The number of aromatic nitrogens is 4. The second-order valence-corrected chi connectivity index (χ2v) is 12.0. The molecule has 228 valence electrons. The summed E-state index contributed by atoms with van der Waals surface area (Å²) in [4.78, 5) is 15.9. The van der Waals surface area contributed by atoms with E-state index < -0.39 is 23.3 Å². The van der Waals surface area contributed by atoms with Crippen LogP contribution in [0.15, 0.2) is 42.6 Å². The van der Waals surface area contributed by atoms with E-state index in [1.165, 1.54) is 30.5 Å². The van der Waals surface area contributed by atoms with Gasteiger partial charge in [-0.1, -0.05) is 12.0 Å². The first-order valence-electron chi connectivity index (χ1n) is 14.9. The molecular weight excluding hydrogens is 583 g/mol. The van der Waals surface area contributed by atoms with E-state index in [2.05, 4.69) is 25.4 Å². The first kappa shape index (κ1) is 27.9. The maximum Gasteiger partial charge on any atom is 0.317 e. The van der Waals surface area contributed by atoms with E-state index in [9.17, 15) is 13.9 Å². The van der Waals surface area contributed by atoms with Crippen LogP contribution in [-0.2, 0) is 17.9 Å². The van der Waals surface area contributed by atoms with Crippen LogP contribution in [0, 0.1) is 24.0 Å². The summed E-state index contributed by atoms with van der Waals surface area (Å²) in [5.74, 6) is 0.741. The second kappa shape index (κ2) is 10.5. The van der Waals surface area contributed by atoms with Gasteiger partial charge in [0.15, 0.2) is 5.82 Å². The van der Waals surface area contributed by atoms with Crippen molar-refractivity contribution in [3.05, 3.63) is 65.5 Å². The van der Waals surface area contributed by atoms with Crippen LogP contribution in [0.5, 0.6) is 11.8 Å². The lowest BCUT2D eigenvalue weighted by Crippen LogP contribution is -2.43. The number of pyridine rings is 1. The molecule has 5 aromatic rings. The lowest BCUT2D eigenvalue weighted by atomic mass is 9.95. The highest BCUT2D eigenvalue weighted by atomic mass is 19.1. The van der Waals surface area contributed by atoms with Gasteiger partial charge in [0.05, 0.1) is 30.0 Å². The molecular formula is C34H28F3N5O3. The van der Waals surface area contributed by atoms with Crippen molar-refractivity contribution in [3.63, 3.8) is 0 Å². The maximum absolute atomic E-state index is 16.8. The molecule has 3 aliphatic heterocycles. The number of terminal acetylenes is 1. The molecule has 0 aliphatic carbocycles. The van der Waals surface area contributed by atoms with Gasteiger partial charge in [-0.15, -0.1) is 6.42 Å². The molecule has 8 rings (SSSR count). The van der Waals surface area contributed by atoms with Crippen LogP contribution in [0.3, 0.4) is 0 Å². The average Bonchev–Trinajstić information content (AvgIpc) is 3.72. The minimum absolute atomic E-state index is 0.0455. The van der Waals surface area contributed by atoms with Crippen LogP contribution in [0.1, 0.15) is 30.5 Å². The van der Waals surface area contributed by atoms with Gasteiger partial charge in [-0.2, -0.15) is 9.97 Å². The fraction of sp³-hybridized carbons (Fsp3) is 0.324. The Morgan fingerprint density at radius 3 is 2.89 bits per heavy atom. The van der Waals surface area contributed by atoms with E-state index in [1.807, 2.05) is 12.1 Å². The lowest BCUT2D eigenvalue weighted by molar-refractivity contribution is 0.0855. The Kier molecular flexibility index (Phi) is 6.48. The molecule has 45 heavy (non-hydrogen) atoms. The molecule has 0 spiro atoms. The van der Waals surface area contributed by atoms with Crippen LogP contribution in [-0.4, -0.2) is 67.5 Å². The number of halogens is 3. The summed E-state index contributed by atoms with van der Waals surface area (Å²) in [5, 5.41) is 11.5. The lowest BCUT2D eigenvalue weighted by Gasteiger charge is -2.30. The van der Waals surface area contributed by atoms with Gasteiger partial charge in [0, 0.05) is 47.7 Å². The molecule has 0 saturated carbocycles. The highest BCUT2D eigenvalue weighted by molar-refractivity contribution is 6.03. The van der Waals surface area contributed by atoms with Crippen molar-refractivity contribution in [3.8, 4) is 46.7 Å². The molecule has 3 aliphatic rings. The van der Waals surface area contributed by atoms with Crippen LogP contribution < -0.4 is 4.74 Å². The number of rotatable bonds is 5. The normalized spacial score (nSPS) is 21.2. The Morgan fingerprint density at radius 1 is 1.13 bits per heavy atom. The molecule has 2 fully saturated rings. The standard InChI is InChI=1S/C34H28F3N5O3/c1-2-23-26(36)6-4-19-12-22(43)13-24(28(19)23)31-29(37)32-25(15-38-31)30(27-7-5-21-17-44-11-10-42(21)27)39-33(40-32)45-18-34-8-3-9-41(34)16-20(35)14-34/h1,4-7,12-13,15,20,43H,3,8-11,14,16-18H2/t20-,34+/m1/s1. The van der Waals surface area contributed by atoms with Crippen LogP contribution in [0.25, 0.3) is 44.3 Å². The van der Waals surface area contributed by atoms with Crippen molar-refractivity contribution in [2.45, 2.75) is 44.1 Å². The largest absolute Gasteiger partial charge is 0.508 e. The van der Waals surface area contributed by atoms with Gasteiger partial charge in [0.25, 0.3) is 0 Å². The molecule has 6 heterocycles. The highest BCUT2D eigenvalue weighted by Gasteiger charge is 2.49. The molecule has 8 nitrogen and oxygen atoms in total. The topological polar surface area (TPSA) is 85.5 Å². The van der Waals surface area contributed by atoms with Gasteiger partial charge >= 0.3 is 6.01 Å². The Labute approximate surface area is 256 Å². The third-order valence-corrected chi connectivity index (χ3v) is 9.37. The molecule has 0 unspecified atom stereocenters. The zero-order valence-electron chi connectivity index (χ0n) is 24.2. The monoisotopic (exact) mass is 611 g/mol.